The van der Waals surface area contributed by atoms with Crippen molar-refractivity contribution >= 4 is 23.3 Å². The Hall–Kier alpha value is -1.53. The molecule has 0 aliphatic carbocycles. The molecule has 0 aromatic carbocycles. The Morgan fingerprint density at radius 3 is 3.12 bits per heavy atom. The van der Waals surface area contributed by atoms with Crippen LogP contribution < -0.4 is 5.53 Å². The maximum absolute atomic E-state index is 11.5. The van der Waals surface area contributed by atoms with Crippen LogP contribution in [0.3, 0.4) is 0 Å². The van der Waals surface area contributed by atoms with Crippen molar-refractivity contribution in [3.05, 3.63) is 23.3 Å². The van der Waals surface area contributed by atoms with Crippen molar-refractivity contribution < 1.29 is 9.53 Å². The summed E-state index contributed by atoms with van der Waals surface area (Å²) in [5.41, 5.74) is 3.11. The van der Waals surface area contributed by atoms with E-state index in [4.69, 9.17) is 16.3 Å². The van der Waals surface area contributed by atoms with Gasteiger partial charge in [-0.15, -0.1) is 5.53 Å². The van der Waals surface area contributed by atoms with Crippen molar-refractivity contribution in [1.29, 1.82) is 0 Å². The zero-order chi connectivity index (χ0) is 11.7. The van der Waals surface area contributed by atoms with Crippen LogP contribution in [0.25, 0.3) is 0 Å². The number of hydrazine groups is 2. The highest BCUT2D eigenvalue weighted by Gasteiger charge is 2.27. The van der Waals surface area contributed by atoms with Crippen molar-refractivity contribution in [1.82, 2.24) is 15.6 Å². The lowest BCUT2D eigenvalue weighted by atomic mass is 10.3. The molecule has 0 spiro atoms. The van der Waals surface area contributed by atoms with Crippen LogP contribution in [-0.4, -0.2) is 35.4 Å². The molecule has 0 aromatic heterocycles. The number of carbonyl (C=O) groups excluding carboxylic acids is 1. The molecule has 0 saturated heterocycles. The number of carbonyl (C=O) groups is 1. The molecule has 0 saturated carbocycles. The summed E-state index contributed by atoms with van der Waals surface area (Å²) in [5, 5.41) is 3.61. The van der Waals surface area contributed by atoms with E-state index >= 15 is 0 Å². The fourth-order valence-electron chi connectivity index (χ4n) is 1.35. The van der Waals surface area contributed by atoms with E-state index in [9.17, 15) is 4.79 Å². The summed E-state index contributed by atoms with van der Waals surface area (Å²) in [4.78, 5) is 15.6. The first-order valence-corrected chi connectivity index (χ1v) is 5.13. The molecule has 1 N–H and O–H groups in total. The lowest BCUT2D eigenvalue weighted by Crippen LogP contribution is -2.38. The summed E-state index contributed by atoms with van der Waals surface area (Å²) in [6.07, 6.45) is 3.18. The van der Waals surface area contributed by atoms with Crippen LogP contribution >= 0.6 is 11.6 Å². The van der Waals surface area contributed by atoms with E-state index in [1.807, 2.05) is 0 Å². The third-order valence-electron chi connectivity index (χ3n) is 1.98. The third kappa shape index (κ3) is 1.89. The maximum Gasteiger partial charge on any atom is 0.357 e. The highest BCUT2D eigenvalue weighted by atomic mass is 35.5. The number of ether oxygens (including phenoxy) is 1. The minimum atomic E-state index is -0.476. The summed E-state index contributed by atoms with van der Waals surface area (Å²) < 4.78 is 4.85. The van der Waals surface area contributed by atoms with Crippen LogP contribution in [0.4, 0.5) is 0 Å². The van der Waals surface area contributed by atoms with Gasteiger partial charge in [-0.3, -0.25) is 5.01 Å². The summed E-state index contributed by atoms with van der Waals surface area (Å²) in [7, 11) is 1.80. The first kappa shape index (κ1) is 11.0. The van der Waals surface area contributed by atoms with Gasteiger partial charge in [0.1, 0.15) is 5.16 Å². The second-order valence-corrected chi connectivity index (χ2v) is 3.61. The van der Waals surface area contributed by atoms with Gasteiger partial charge in [0, 0.05) is 13.1 Å². The van der Waals surface area contributed by atoms with Gasteiger partial charge in [0.05, 0.1) is 12.8 Å². The van der Waals surface area contributed by atoms with E-state index in [1.54, 1.807) is 30.2 Å². The molecule has 0 radical (unpaired) electrons. The Labute approximate surface area is 97.8 Å². The Bertz CT molecular complexity index is 416. The number of hydrogen-bond acceptors (Lipinski definition) is 6. The van der Waals surface area contributed by atoms with Crippen molar-refractivity contribution in [3.63, 3.8) is 0 Å². The van der Waals surface area contributed by atoms with Crippen LogP contribution in [-0.2, 0) is 9.53 Å². The molecular weight excluding hydrogens is 232 g/mol. The molecular formula is C9H11ClN4O2. The lowest BCUT2D eigenvalue weighted by molar-refractivity contribution is -0.134. The highest BCUT2D eigenvalue weighted by Crippen LogP contribution is 2.24. The molecule has 2 rings (SSSR count). The quantitative estimate of drug-likeness (QED) is 0.566. The SMILES string of the molecule is CCOC(=O)C1=NC2=CN(C)NN2C(Cl)=C1. The summed E-state index contributed by atoms with van der Waals surface area (Å²) in [6, 6.07) is 0. The van der Waals surface area contributed by atoms with Crippen molar-refractivity contribution in [2.45, 2.75) is 6.92 Å². The average Bonchev–Trinajstić information content (AvgIpc) is 2.59. The monoisotopic (exact) mass is 242 g/mol. The molecule has 0 fully saturated rings. The molecule has 6 nitrogen and oxygen atoms in total. The van der Waals surface area contributed by atoms with Gasteiger partial charge in [-0.2, -0.15) is 0 Å². The molecule has 2 aliphatic heterocycles. The van der Waals surface area contributed by atoms with E-state index in [0.717, 1.165) is 0 Å². The largest absolute Gasteiger partial charge is 0.461 e. The second kappa shape index (κ2) is 4.15. The molecule has 0 amide bonds. The second-order valence-electron chi connectivity index (χ2n) is 3.22. The Balaban J connectivity index is 2.26. The number of nitrogens with one attached hydrogen (secondary N) is 1. The van der Waals surface area contributed by atoms with Crippen molar-refractivity contribution in [2.24, 2.45) is 4.99 Å². The number of halogens is 1. The predicted octanol–water partition coefficient (Wildman–Crippen LogP) is 0.550. The molecule has 86 valence electrons. The molecule has 2 aliphatic rings. The average molecular weight is 243 g/mol. The van der Waals surface area contributed by atoms with Gasteiger partial charge >= 0.3 is 5.97 Å². The van der Waals surface area contributed by atoms with Gasteiger partial charge in [-0.05, 0) is 6.92 Å². The first-order valence-electron chi connectivity index (χ1n) is 4.76. The Kier molecular flexibility index (Phi) is 2.84. The molecule has 0 aromatic rings. The lowest BCUT2D eigenvalue weighted by Gasteiger charge is -2.22. The fourth-order valence-corrected chi connectivity index (χ4v) is 1.58. The number of fused-ring (bicyclic) bond motifs is 1. The number of esters is 1. The zero-order valence-electron chi connectivity index (χ0n) is 8.90. The molecule has 0 unspecified atom stereocenters. The van der Waals surface area contributed by atoms with Gasteiger partial charge in [-0.1, -0.05) is 11.6 Å². The van der Waals surface area contributed by atoms with E-state index in [-0.39, 0.29) is 5.71 Å². The number of aliphatic imine (C=N–C) groups is 1. The van der Waals surface area contributed by atoms with Crippen LogP contribution in [0.15, 0.2) is 28.2 Å². The Morgan fingerprint density at radius 1 is 1.69 bits per heavy atom. The summed E-state index contributed by atoms with van der Waals surface area (Å²) in [5.74, 6) is 0.0776. The van der Waals surface area contributed by atoms with E-state index in [0.29, 0.717) is 17.6 Å². The van der Waals surface area contributed by atoms with Crippen LogP contribution in [0.2, 0.25) is 0 Å². The third-order valence-corrected chi connectivity index (χ3v) is 2.26. The molecule has 2 heterocycles. The topological polar surface area (TPSA) is 57.2 Å². The highest BCUT2D eigenvalue weighted by molar-refractivity contribution is 6.44. The Morgan fingerprint density at radius 2 is 2.44 bits per heavy atom. The minimum Gasteiger partial charge on any atom is -0.461 e. The molecule has 16 heavy (non-hydrogen) atoms. The van der Waals surface area contributed by atoms with Crippen LogP contribution in [0.5, 0.6) is 0 Å². The van der Waals surface area contributed by atoms with Gasteiger partial charge in [0.2, 0.25) is 0 Å². The normalized spacial score (nSPS) is 18.8. The predicted molar refractivity (Wildman–Crippen MR) is 58.8 cm³/mol. The van der Waals surface area contributed by atoms with Gasteiger partial charge in [0.25, 0.3) is 0 Å². The fraction of sp³-hybridized carbons (Fsp3) is 0.333. The van der Waals surface area contributed by atoms with Gasteiger partial charge in [-0.25, -0.2) is 14.8 Å². The number of nitrogens with zero attached hydrogens (tertiary/aromatic N) is 3. The molecule has 0 atom stereocenters. The summed E-state index contributed by atoms with van der Waals surface area (Å²) >= 11 is 5.99. The van der Waals surface area contributed by atoms with Crippen molar-refractivity contribution in [2.75, 3.05) is 13.7 Å². The standard InChI is InChI=1S/C9H11ClN4O2/c1-3-16-9(15)6-4-7(10)14-8(11-6)5-13(2)12-14/h4-5,12H,3H2,1-2H3. The summed E-state index contributed by atoms with van der Waals surface area (Å²) in [6.45, 7) is 2.05. The number of hydrogen-bond donors (Lipinski definition) is 1. The first-order chi connectivity index (χ1) is 7.61. The van der Waals surface area contributed by atoms with Crippen molar-refractivity contribution in [3.8, 4) is 0 Å². The van der Waals surface area contributed by atoms with E-state index < -0.39 is 5.97 Å². The molecule has 7 heteroatoms. The van der Waals surface area contributed by atoms with Crippen LogP contribution in [0, 0.1) is 0 Å². The van der Waals surface area contributed by atoms with E-state index in [2.05, 4.69) is 10.5 Å². The zero-order valence-corrected chi connectivity index (χ0v) is 9.65. The smallest absolute Gasteiger partial charge is 0.357 e. The van der Waals surface area contributed by atoms with E-state index in [1.165, 1.54) is 6.08 Å². The maximum atomic E-state index is 11.5. The minimum absolute atomic E-state index is 0.200. The van der Waals surface area contributed by atoms with Crippen LogP contribution in [0.1, 0.15) is 6.92 Å². The van der Waals surface area contributed by atoms with Gasteiger partial charge in [0.15, 0.2) is 11.5 Å². The molecule has 0 bridgehead atoms. The van der Waals surface area contributed by atoms with Gasteiger partial charge < -0.3 is 4.74 Å². The number of rotatable bonds is 2.